The highest BCUT2D eigenvalue weighted by atomic mass is 32.2. The zero-order valence-corrected chi connectivity index (χ0v) is 12.3. The van der Waals surface area contributed by atoms with E-state index >= 15 is 0 Å². The Morgan fingerprint density at radius 3 is 2.55 bits per heavy atom. The number of amides is 1. The molecule has 0 aromatic carbocycles. The van der Waals surface area contributed by atoms with Crippen molar-refractivity contribution < 1.29 is 17.9 Å². The van der Waals surface area contributed by atoms with Crippen molar-refractivity contribution in [2.45, 2.75) is 18.9 Å². The van der Waals surface area contributed by atoms with Crippen LogP contribution < -0.4 is 0 Å². The van der Waals surface area contributed by atoms with Gasteiger partial charge in [0.25, 0.3) is 10.0 Å². The number of ether oxygens (including phenoxy) is 1. The van der Waals surface area contributed by atoms with E-state index < -0.39 is 16.1 Å². The zero-order valence-electron chi connectivity index (χ0n) is 11.5. The predicted octanol–water partition coefficient (Wildman–Crippen LogP) is 0.181. The van der Waals surface area contributed by atoms with Gasteiger partial charge in [0.1, 0.15) is 5.82 Å². The summed E-state index contributed by atoms with van der Waals surface area (Å²) in [7, 11) is -3.57. The van der Waals surface area contributed by atoms with Crippen molar-refractivity contribution >= 4 is 16.1 Å². The van der Waals surface area contributed by atoms with Gasteiger partial charge in [0.2, 0.25) is 0 Å². The van der Waals surface area contributed by atoms with Crippen LogP contribution in [0.15, 0.2) is 11.2 Å². The number of nitrogens with zero attached hydrogens (tertiary/aromatic N) is 3. The van der Waals surface area contributed by atoms with Crippen LogP contribution in [0, 0.1) is 6.92 Å². The van der Waals surface area contributed by atoms with Crippen molar-refractivity contribution in [2.75, 3.05) is 32.8 Å². The number of hydrogen-bond acceptors (Lipinski definition) is 5. The molecule has 0 bridgehead atoms. The number of sulfonamides is 1. The van der Waals surface area contributed by atoms with Gasteiger partial charge in [-0.15, -0.1) is 0 Å². The molecule has 0 saturated carbocycles. The molecule has 1 amide bonds. The molecule has 0 radical (unpaired) electrons. The van der Waals surface area contributed by atoms with E-state index in [0.717, 1.165) is 0 Å². The van der Waals surface area contributed by atoms with Gasteiger partial charge >= 0.3 is 6.09 Å². The van der Waals surface area contributed by atoms with Gasteiger partial charge in [0.15, 0.2) is 5.03 Å². The average molecular weight is 302 g/mol. The molecule has 1 aromatic rings. The number of aromatic nitrogens is 2. The lowest BCUT2D eigenvalue weighted by Gasteiger charge is -2.32. The number of aryl methyl sites for hydroxylation is 1. The maximum Gasteiger partial charge on any atom is 0.409 e. The van der Waals surface area contributed by atoms with Gasteiger partial charge in [-0.2, -0.15) is 4.31 Å². The minimum Gasteiger partial charge on any atom is -0.450 e. The number of imidazole rings is 1. The molecule has 112 valence electrons. The second-order valence-electron chi connectivity index (χ2n) is 4.42. The Morgan fingerprint density at radius 2 is 2.05 bits per heavy atom. The molecule has 0 aliphatic carbocycles. The molecular weight excluding hydrogens is 284 g/mol. The number of H-pyrrole nitrogens is 1. The highest BCUT2D eigenvalue weighted by Gasteiger charge is 2.31. The molecule has 2 heterocycles. The first-order chi connectivity index (χ1) is 9.45. The molecule has 2 rings (SSSR count). The van der Waals surface area contributed by atoms with E-state index in [-0.39, 0.29) is 18.1 Å². The predicted molar refractivity (Wildman–Crippen MR) is 70.7 cm³/mol. The summed E-state index contributed by atoms with van der Waals surface area (Å²) in [6.07, 6.45) is 0.907. The summed E-state index contributed by atoms with van der Waals surface area (Å²) >= 11 is 0. The summed E-state index contributed by atoms with van der Waals surface area (Å²) in [4.78, 5) is 19.7. The van der Waals surface area contributed by atoms with Gasteiger partial charge in [-0.1, -0.05) is 0 Å². The van der Waals surface area contributed by atoms with Crippen LogP contribution in [0.2, 0.25) is 0 Å². The SMILES string of the molecule is CCOC(=O)N1CCN(S(=O)(=O)c2cnc(C)[nH]2)CC1. The Labute approximate surface area is 117 Å². The van der Waals surface area contributed by atoms with E-state index in [9.17, 15) is 13.2 Å². The summed E-state index contributed by atoms with van der Waals surface area (Å²) in [5.41, 5.74) is 0. The van der Waals surface area contributed by atoms with E-state index in [1.165, 1.54) is 15.4 Å². The second kappa shape index (κ2) is 5.80. The molecule has 1 aromatic heterocycles. The fraction of sp³-hybridized carbons (Fsp3) is 0.636. The summed E-state index contributed by atoms with van der Waals surface area (Å²) in [6, 6.07) is 0. The Hall–Kier alpha value is -1.61. The van der Waals surface area contributed by atoms with E-state index in [1.54, 1.807) is 13.8 Å². The molecule has 1 saturated heterocycles. The van der Waals surface area contributed by atoms with Gasteiger partial charge in [0, 0.05) is 26.2 Å². The van der Waals surface area contributed by atoms with Crippen LogP contribution in [0.4, 0.5) is 4.79 Å². The highest BCUT2D eigenvalue weighted by molar-refractivity contribution is 7.89. The smallest absolute Gasteiger partial charge is 0.409 e. The molecule has 0 unspecified atom stereocenters. The first kappa shape index (κ1) is 14.8. The Morgan fingerprint density at radius 1 is 1.40 bits per heavy atom. The fourth-order valence-corrected chi connectivity index (χ4v) is 3.38. The Balaban J connectivity index is 2.02. The number of piperazine rings is 1. The minimum absolute atomic E-state index is 0.0829. The Kier molecular flexibility index (Phi) is 4.29. The number of aromatic amines is 1. The monoisotopic (exact) mass is 302 g/mol. The number of hydrogen-bond donors (Lipinski definition) is 1. The third-order valence-electron chi connectivity index (χ3n) is 3.06. The summed E-state index contributed by atoms with van der Waals surface area (Å²) in [5.74, 6) is 0.550. The summed E-state index contributed by atoms with van der Waals surface area (Å²) in [5, 5.41) is 0.0829. The van der Waals surface area contributed by atoms with Gasteiger partial charge < -0.3 is 14.6 Å². The van der Waals surface area contributed by atoms with Gasteiger partial charge in [-0.3, -0.25) is 0 Å². The van der Waals surface area contributed by atoms with Crippen LogP contribution in [0.1, 0.15) is 12.7 Å². The topological polar surface area (TPSA) is 95.6 Å². The van der Waals surface area contributed by atoms with E-state index in [0.29, 0.717) is 25.5 Å². The first-order valence-corrected chi connectivity index (χ1v) is 7.82. The van der Waals surface area contributed by atoms with Crippen LogP contribution in [0.25, 0.3) is 0 Å². The quantitative estimate of drug-likeness (QED) is 0.859. The Bertz CT molecular complexity index is 575. The van der Waals surface area contributed by atoms with Crippen molar-refractivity contribution in [3.8, 4) is 0 Å². The van der Waals surface area contributed by atoms with Crippen LogP contribution in [0.5, 0.6) is 0 Å². The molecule has 20 heavy (non-hydrogen) atoms. The standard InChI is InChI=1S/C11H18N4O4S/c1-3-19-11(16)14-4-6-15(7-5-14)20(17,18)10-8-12-9(2)13-10/h8H,3-7H2,1-2H3,(H,12,13). The molecular formula is C11H18N4O4S. The molecule has 8 nitrogen and oxygen atoms in total. The van der Waals surface area contributed by atoms with Crippen molar-refractivity contribution in [1.82, 2.24) is 19.2 Å². The number of rotatable bonds is 3. The fourth-order valence-electron chi connectivity index (χ4n) is 1.99. The maximum absolute atomic E-state index is 12.3. The molecule has 1 fully saturated rings. The van der Waals surface area contributed by atoms with E-state index in [1.807, 2.05) is 0 Å². The van der Waals surface area contributed by atoms with E-state index in [2.05, 4.69) is 9.97 Å². The number of carbonyl (C=O) groups is 1. The first-order valence-electron chi connectivity index (χ1n) is 6.38. The van der Waals surface area contributed by atoms with Crippen molar-refractivity contribution in [3.63, 3.8) is 0 Å². The van der Waals surface area contributed by atoms with Crippen molar-refractivity contribution in [3.05, 3.63) is 12.0 Å². The van der Waals surface area contributed by atoms with Crippen LogP contribution in [0.3, 0.4) is 0 Å². The minimum atomic E-state index is -3.57. The highest BCUT2D eigenvalue weighted by Crippen LogP contribution is 2.16. The normalized spacial score (nSPS) is 17.2. The lowest BCUT2D eigenvalue weighted by molar-refractivity contribution is 0.0934. The molecule has 1 aliphatic heterocycles. The van der Waals surface area contributed by atoms with Crippen LogP contribution in [-0.2, 0) is 14.8 Å². The van der Waals surface area contributed by atoms with Gasteiger partial charge in [0.05, 0.1) is 12.8 Å². The summed E-state index contributed by atoms with van der Waals surface area (Å²) in [6.45, 7) is 4.89. The second-order valence-corrected chi connectivity index (χ2v) is 6.33. The lowest BCUT2D eigenvalue weighted by Crippen LogP contribution is -2.50. The molecule has 9 heteroatoms. The molecule has 1 aliphatic rings. The zero-order chi connectivity index (χ0) is 14.8. The largest absolute Gasteiger partial charge is 0.450 e. The van der Waals surface area contributed by atoms with Gasteiger partial charge in [-0.25, -0.2) is 18.2 Å². The third-order valence-corrected chi connectivity index (χ3v) is 4.87. The van der Waals surface area contributed by atoms with Crippen molar-refractivity contribution in [2.24, 2.45) is 0 Å². The van der Waals surface area contributed by atoms with Gasteiger partial charge in [-0.05, 0) is 13.8 Å². The maximum atomic E-state index is 12.3. The van der Waals surface area contributed by atoms with Crippen LogP contribution in [-0.4, -0.2) is 66.5 Å². The number of carbonyl (C=O) groups excluding carboxylic acids is 1. The molecule has 0 spiro atoms. The number of nitrogens with one attached hydrogen (secondary N) is 1. The van der Waals surface area contributed by atoms with E-state index in [4.69, 9.17) is 4.74 Å². The third kappa shape index (κ3) is 2.93. The molecule has 0 atom stereocenters. The van der Waals surface area contributed by atoms with Crippen molar-refractivity contribution in [1.29, 1.82) is 0 Å². The lowest BCUT2D eigenvalue weighted by atomic mass is 10.4. The molecule has 1 N–H and O–H groups in total. The summed E-state index contributed by atoms with van der Waals surface area (Å²) < 4.78 is 30.9. The van der Waals surface area contributed by atoms with Crippen LogP contribution >= 0.6 is 0 Å². The average Bonchev–Trinajstić information content (AvgIpc) is 2.86.